The third-order valence-corrected chi connectivity index (χ3v) is 10.9. The molecular weight excluding hydrogens is 552 g/mol. The summed E-state index contributed by atoms with van der Waals surface area (Å²) in [5.41, 5.74) is 0.607. The van der Waals surface area contributed by atoms with Crippen molar-refractivity contribution in [2.75, 3.05) is 0 Å². The zero-order valence-corrected chi connectivity index (χ0v) is 22.5. The van der Waals surface area contributed by atoms with Crippen LogP contribution in [-0.4, -0.2) is 38.6 Å². The Labute approximate surface area is 229 Å². The highest BCUT2D eigenvalue weighted by molar-refractivity contribution is 7.97. The second kappa shape index (κ2) is 8.73. The predicted molar refractivity (Wildman–Crippen MR) is 149 cm³/mol. The van der Waals surface area contributed by atoms with Gasteiger partial charge in [0.2, 0.25) is 31.2 Å². The highest BCUT2D eigenvalue weighted by atomic mass is 32.2. The second-order valence-corrected chi connectivity index (χ2v) is 13.4. The first-order chi connectivity index (χ1) is 18.9. The van der Waals surface area contributed by atoms with Crippen LogP contribution >= 0.6 is 0 Å². The van der Waals surface area contributed by atoms with Gasteiger partial charge < -0.3 is 10.2 Å². The van der Waals surface area contributed by atoms with E-state index in [0.29, 0.717) is 27.1 Å². The summed E-state index contributed by atoms with van der Waals surface area (Å²) in [5.74, 6) is -1.36. The van der Waals surface area contributed by atoms with E-state index in [1.165, 1.54) is 66.8 Å². The quantitative estimate of drug-likeness (QED) is 0.321. The Morgan fingerprint density at radius 1 is 0.700 bits per heavy atom. The number of benzene rings is 4. The van der Waals surface area contributed by atoms with Gasteiger partial charge in [-0.25, -0.2) is 16.8 Å². The Hall–Kier alpha value is -4.54. The minimum absolute atomic E-state index is 0.0141. The lowest BCUT2D eigenvalue weighted by atomic mass is 10.0. The van der Waals surface area contributed by atoms with E-state index in [9.17, 15) is 36.6 Å². The Morgan fingerprint density at radius 3 is 1.70 bits per heavy atom. The summed E-state index contributed by atoms with van der Waals surface area (Å²) in [6.07, 6.45) is 3.91. The Morgan fingerprint density at radius 2 is 1.18 bits per heavy atom. The summed E-state index contributed by atoms with van der Waals surface area (Å²) in [5, 5.41) is 21.1. The molecule has 0 aromatic heterocycles. The number of hydrogen-bond acceptors (Lipinski definition) is 8. The Balaban J connectivity index is 1.34. The molecule has 40 heavy (non-hydrogen) atoms. The molecule has 0 fully saturated rings. The summed E-state index contributed by atoms with van der Waals surface area (Å²) in [4.78, 5) is 25.0. The molecule has 2 aliphatic rings. The van der Waals surface area contributed by atoms with Crippen LogP contribution in [0.5, 0.6) is 11.5 Å². The lowest BCUT2D eigenvalue weighted by Crippen LogP contribution is -2.03. The summed E-state index contributed by atoms with van der Waals surface area (Å²) < 4.78 is 53.3. The maximum Gasteiger partial charge on any atom is 0.211 e. The molecule has 8 nitrogen and oxygen atoms in total. The molecule has 0 bridgehead atoms. The molecule has 2 N–H and O–H groups in total. The van der Waals surface area contributed by atoms with Crippen molar-refractivity contribution >= 4 is 52.8 Å². The SMILES string of the molecule is CC(=CC=C1C(=O)c2ccc3cc(O)ccc3c2S1(=O)=O)CC=C1C(=O)c2ccc3cc(O)ccc3c2S1(=O)=O. The Bertz CT molecular complexity index is 2170. The van der Waals surface area contributed by atoms with Gasteiger partial charge in [-0.15, -0.1) is 0 Å². The van der Waals surface area contributed by atoms with Gasteiger partial charge in [0.25, 0.3) is 0 Å². The highest BCUT2D eigenvalue weighted by Gasteiger charge is 2.41. The molecule has 0 amide bonds. The molecule has 0 radical (unpaired) electrons. The molecule has 10 heteroatoms. The van der Waals surface area contributed by atoms with E-state index >= 15 is 0 Å². The van der Waals surface area contributed by atoms with Gasteiger partial charge in [-0.1, -0.05) is 29.9 Å². The first-order valence-corrected chi connectivity index (χ1v) is 15.1. The van der Waals surface area contributed by atoms with E-state index in [1.54, 1.807) is 19.1 Å². The van der Waals surface area contributed by atoms with Gasteiger partial charge in [0.15, 0.2) is 0 Å². The topological polar surface area (TPSA) is 143 Å². The third-order valence-electron chi connectivity index (χ3n) is 7.09. The molecular formula is C30H20O8S2. The smallest absolute Gasteiger partial charge is 0.211 e. The van der Waals surface area contributed by atoms with Crippen LogP contribution in [0.4, 0.5) is 0 Å². The van der Waals surface area contributed by atoms with Crippen molar-refractivity contribution in [2.24, 2.45) is 0 Å². The molecule has 4 aromatic carbocycles. The van der Waals surface area contributed by atoms with Gasteiger partial charge in [0.1, 0.15) is 21.3 Å². The zero-order chi connectivity index (χ0) is 28.6. The summed E-state index contributed by atoms with van der Waals surface area (Å²) in [7, 11) is -8.28. The lowest BCUT2D eigenvalue weighted by Gasteiger charge is -2.04. The fourth-order valence-corrected chi connectivity index (χ4v) is 8.70. The number of carbonyl (C=O) groups excluding carboxylic acids is 2. The molecule has 0 atom stereocenters. The molecule has 2 heterocycles. The van der Waals surface area contributed by atoms with E-state index in [2.05, 4.69) is 0 Å². The van der Waals surface area contributed by atoms with E-state index in [1.807, 2.05) is 0 Å². The number of aromatic hydroxyl groups is 2. The van der Waals surface area contributed by atoms with Crippen LogP contribution in [0.15, 0.2) is 104 Å². The fraction of sp³-hybridized carbons (Fsp3) is 0.0667. The molecule has 0 saturated carbocycles. The van der Waals surface area contributed by atoms with Crippen molar-refractivity contribution < 1.29 is 36.6 Å². The van der Waals surface area contributed by atoms with E-state index < -0.39 is 36.1 Å². The minimum Gasteiger partial charge on any atom is -0.508 e. The monoisotopic (exact) mass is 572 g/mol. The minimum atomic E-state index is -4.15. The van der Waals surface area contributed by atoms with E-state index in [-0.39, 0.29) is 43.7 Å². The van der Waals surface area contributed by atoms with E-state index in [0.717, 1.165) is 0 Å². The van der Waals surface area contributed by atoms with E-state index in [4.69, 9.17) is 0 Å². The van der Waals surface area contributed by atoms with Crippen molar-refractivity contribution in [2.45, 2.75) is 23.1 Å². The van der Waals surface area contributed by atoms with Crippen molar-refractivity contribution in [1.82, 2.24) is 0 Å². The number of hydrogen-bond donors (Lipinski definition) is 2. The molecule has 0 aliphatic carbocycles. The molecule has 200 valence electrons. The average molecular weight is 573 g/mol. The number of rotatable bonds is 3. The maximum atomic E-state index is 13.3. The number of phenols is 2. The largest absolute Gasteiger partial charge is 0.508 e. The van der Waals surface area contributed by atoms with Crippen molar-refractivity contribution in [1.29, 1.82) is 0 Å². The molecule has 0 spiro atoms. The summed E-state index contributed by atoms with van der Waals surface area (Å²) in [6.45, 7) is 1.63. The normalized spacial score (nSPS) is 19.6. The second-order valence-electron chi connectivity index (χ2n) is 9.68. The number of ketones is 2. The van der Waals surface area contributed by atoms with Gasteiger partial charge in [0, 0.05) is 21.9 Å². The fourth-order valence-electron chi connectivity index (χ4n) is 5.15. The first kappa shape index (κ1) is 25.7. The number of fused-ring (bicyclic) bond motifs is 6. The number of phenolic OH excluding ortho intramolecular Hbond substituents is 2. The average Bonchev–Trinajstić information content (AvgIpc) is 3.22. The van der Waals surface area contributed by atoms with Crippen molar-refractivity contribution in [3.05, 3.63) is 105 Å². The van der Waals surface area contributed by atoms with Crippen LogP contribution in [-0.2, 0) is 19.7 Å². The van der Waals surface area contributed by atoms with Gasteiger partial charge >= 0.3 is 0 Å². The predicted octanol–water partition coefficient (Wildman–Crippen LogP) is 5.15. The van der Waals surface area contributed by atoms with Gasteiger partial charge in [-0.05, 0) is 78.7 Å². The number of carbonyl (C=O) groups is 2. The molecule has 4 aromatic rings. The first-order valence-electron chi connectivity index (χ1n) is 12.1. The van der Waals surface area contributed by atoms with Gasteiger partial charge in [0.05, 0.1) is 9.79 Å². The van der Waals surface area contributed by atoms with Crippen molar-refractivity contribution in [3.63, 3.8) is 0 Å². The molecule has 6 rings (SSSR count). The summed E-state index contributed by atoms with van der Waals surface area (Å²) >= 11 is 0. The standard InChI is InChI=1S/C30H20O8S2/c1-16(2-12-25-27(33)23-8-4-17-14-19(31)6-10-21(17)29(23)39(25,35)36)3-13-26-28(34)24-9-5-18-15-20(32)7-11-22(18)30(24)40(26,37)38/h2,4-15,31-32H,3H2,1H3. The molecule has 0 saturated heterocycles. The Kier molecular flexibility index (Phi) is 5.62. The van der Waals surface area contributed by atoms with Crippen LogP contribution < -0.4 is 0 Å². The van der Waals surface area contributed by atoms with Crippen LogP contribution in [0.25, 0.3) is 21.5 Å². The third kappa shape index (κ3) is 3.71. The van der Waals surface area contributed by atoms with Gasteiger partial charge in [-0.3, -0.25) is 9.59 Å². The van der Waals surface area contributed by atoms with Crippen LogP contribution in [0.3, 0.4) is 0 Å². The van der Waals surface area contributed by atoms with Crippen LogP contribution in [0, 0.1) is 0 Å². The molecule has 2 aliphatic heterocycles. The van der Waals surface area contributed by atoms with Gasteiger partial charge in [-0.2, -0.15) is 0 Å². The lowest BCUT2D eigenvalue weighted by molar-refractivity contribution is 0.103. The van der Waals surface area contributed by atoms with Crippen molar-refractivity contribution in [3.8, 4) is 11.5 Å². The number of sulfone groups is 2. The zero-order valence-electron chi connectivity index (χ0n) is 20.9. The highest BCUT2D eigenvalue weighted by Crippen LogP contribution is 2.41. The summed E-state index contributed by atoms with van der Waals surface area (Å²) in [6, 6.07) is 14.4. The molecule has 0 unspecified atom stereocenters. The van der Waals surface area contributed by atoms with Crippen LogP contribution in [0.1, 0.15) is 34.1 Å². The maximum absolute atomic E-state index is 13.3. The number of Topliss-reactive ketones (excluding diaryl/α,β-unsaturated/α-hetero) is 2. The number of allylic oxidation sites excluding steroid dienone is 6. The van der Waals surface area contributed by atoms with Crippen LogP contribution in [0.2, 0.25) is 0 Å².